The lowest BCUT2D eigenvalue weighted by molar-refractivity contribution is 0.0995. The van der Waals surface area contributed by atoms with Crippen molar-refractivity contribution >= 4 is 17.5 Å². The highest BCUT2D eigenvalue weighted by Crippen LogP contribution is 2.09. The van der Waals surface area contributed by atoms with Crippen molar-refractivity contribution < 1.29 is 4.79 Å². The molecule has 3 rings (SSSR count). The number of carbonyl (C=O) groups is 1. The first-order valence-electron chi connectivity index (χ1n) is 5.39. The molecule has 100 valence electrons. The Kier molecular flexibility index (Phi) is 2.88. The van der Waals surface area contributed by atoms with Crippen LogP contribution in [0.25, 0.3) is 11.9 Å². The molecule has 0 aliphatic carbocycles. The van der Waals surface area contributed by atoms with Crippen molar-refractivity contribution in [1.29, 1.82) is 0 Å². The monoisotopic (exact) mass is 290 g/mol. The predicted molar refractivity (Wildman–Crippen MR) is 67.6 cm³/mol. The largest absolute Gasteiger partial charge is 0.364 e. The highest BCUT2D eigenvalue weighted by atomic mass is 35.5. The molecular formula is C10H7ClN8O. The van der Waals surface area contributed by atoms with Gasteiger partial charge in [-0.2, -0.15) is 20.1 Å². The van der Waals surface area contributed by atoms with Gasteiger partial charge in [-0.1, -0.05) is 0 Å². The molecule has 10 heteroatoms. The van der Waals surface area contributed by atoms with Crippen molar-refractivity contribution in [3.63, 3.8) is 0 Å². The van der Waals surface area contributed by atoms with Gasteiger partial charge in [-0.15, -0.1) is 0 Å². The number of amides is 1. The van der Waals surface area contributed by atoms with Crippen LogP contribution in [0.1, 0.15) is 10.5 Å². The lowest BCUT2D eigenvalue weighted by Crippen LogP contribution is -2.13. The van der Waals surface area contributed by atoms with Gasteiger partial charge >= 0.3 is 0 Å². The average Bonchev–Trinajstić information content (AvgIpc) is 3.10. The van der Waals surface area contributed by atoms with Crippen molar-refractivity contribution in [2.45, 2.75) is 0 Å². The number of nitrogens with zero attached hydrogens (tertiary/aromatic N) is 7. The third-order valence-electron chi connectivity index (χ3n) is 2.37. The van der Waals surface area contributed by atoms with E-state index in [9.17, 15) is 4.79 Å². The minimum atomic E-state index is -0.640. The molecule has 0 spiro atoms. The number of carbonyl (C=O) groups excluding carboxylic acids is 1. The zero-order valence-corrected chi connectivity index (χ0v) is 10.6. The normalized spacial score (nSPS) is 10.7. The molecule has 9 nitrogen and oxygen atoms in total. The fourth-order valence-electron chi connectivity index (χ4n) is 1.49. The number of nitrogens with two attached hydrogens (primary N) is 1. The third kappa shape index (κ3) is 2.21. The summed E-state index contributed by atoms with van der Waals surface area (Å²) < 4.78 is 2.85. The van der Waals surface area contributed by atoms with Crippen LogP contribution in [0.4, 0.5) is 0 Å². The summed E-state index contributed by atoms with van der Waals surface area (Å²) in [7, 11) is 0. The summed E-state index contributed by atoms with van der Waals surface area (Å²) in [5, 5.41) is 3.94. The lowest BCUT2D eigenvalue weighted by atomic mass is 10.4. The van der Waals surface area contributed by atoms with Crippen LogP contribution in [-0.2, 0) is 0 Å². The number of imidazole rings is 1. The van der Waals surface area contributed by atoms with Crippen LogP contribution in [0.15, 0.2) is 31.0 Å². The van der Waals surface area contributed by atoms with Crippen molar-refractivity contribution in [1.82, 2.24) is 34.3 Å². The maximum absolute atomic E-state index is 11.0. The fourth-order valence-corrected chi connectivity index (χ4v) is 1.64. The van der Waals surface area contributed by atoms with Crippen molar-refractivity contribution in [2.24, 2.45) is 5.73 Å². The second-order valence-corrected chi connectivity index (χ2v) is 4.02. The van der Waals surface area contributed by atoms with Gasteiger partial charge in [-0.3, -0.25) is 9.36 Å². The lowest BCUT2D eigenvalue weighted by Gasteiger charge is -2.03. The maximum atomic E-state index is 11.0. The van der Waals surface area contributed by atoms with Crippen molar-refractivity contribution in [2.75, 3.05) is 0 Å². The first-order valence-corrected chi connectivity index (χ1v) is 5.77. The fraction of sp³-hybridized carbons (Fsp3) is 0. The summed E-state index contributed by atoms with van der Waals surface area (Å²) in [6, 6.07) is 1.46. The Bertz CT molecular complexity index is 765. The van der Waals surface area contributed by atoms with E-state index in [0.717, 1.165) is 0 Å². The topological polar surface area (TPSA) is 117 Å². The van der Waals surface area contributed by atoms with Crippen molar-refractivity contribution in [3.05, 3.63) is 42.0 Å². The Morgan fingerprint density at radius 2 is 2.00 bits per heavy atom. The molecular weight excluding hydrogens is 284 g/mol. The highest BCUT2D eigenvalue weighted by Gasteiger charge is 2.11. The molecule has 0 bridgehead atoms. The van der Waals surface area contributed by atoms with Gasteiger partial charge in [0.1, 0.15) is 12.0 Å². The van der Waals surface area contributed by atoms with E-state index in [4.69, 9.17) is 17.3 Å². The summed E-state index contributed by atoms with van der Waals surface area (Å²) in [4.78, 5) is 27.0. The molecule has 0 atom stereocenters. The standard InChI is InChI=1S/C10H7ClN8O/c11-8-14-9(18-4-2-13-5-18)16-10(15-8)19-3-1-6(17-19)7(12)20/h1-5H,(H2,12,20). The summed E-state index contributed by atoms with van der Waals surface area (Å²) in [6.07, 6.45) is 6.26. The smallest absolute Gasteiger partial charge is 0.269 e. The molecule has 20 heavy (non-hydrogen) atoms. The Morgan fingerprint density at radius 3 is 2.65 bits per heavy atom. The van der Waals surface area contributed by atoms with Crippen LogP contribution in [0.2, 0.25) is 5.28 Å². The van der Waals surface area contributed by atoms with Gasteiger partial charge in [0.25, 0.3) is 11.9 Å². The predicted octanol–water partition coefficient (Wildman–Crippen LogP) is -0.00470. The van der Waals surface area contributed by atoms with E-state index in [1.165, 1.54) is 23.3 Å². The average molecular weight is 291 g/mol. The van der Waals surface area contributed by atoms with Crippen molar-refractivity contribution in [3.8, 4) is 11.9 Å². The van der Waals surface area contributed by atoms with Gasteiger partial charge in [0.15, 0.2) is 0 Å². The molecule has 3 aromatic heterocycles. The van der Waals surface area contributed by atoms with Crippen LogP contribution in [0.3, 0.4) is 0 Å². The number of hydrogen-bond donors (Lipinski definition) is 1. The molecule has 0 aliphatic heterocycles. The molecule has 2 N–H and O–H groups in total. The molecule has 3 aromatic rings. The third-order valence-corrected chi connectivity index (χ3v) is 2.54. The van der Waals surface area contributed by atoms with Gasteiger partial charge in [-0.05, 0) is 17.7 Å². The zero-order valence-electron chi connectivity index (χ0n) is 9.88. The summed E-state index contributed by atoms with van der Waals surface area (Å²) >= 11 is 5.86. The number of halogens is 1. The summed E-state index contributed by atoms with van der Waals surface area (Å²) in [5.41, 5.74) is 5.24. The molecule has 0 saturated heterocycles. The van der Waals surface area contributed by atoms with Gasteiger partial charge in [0, 0.05) is 18.6 Å². The van der Waals surface area contributed by atoms with Gasteiger partial charge in [-0.25, -0.2) is 9.67 Å². The Hall–Kier alpha value is -2.81. The first kappa shape index (κ1) is 12.2. The highest BCUT2D eigenvalue weighted by molar-refractivity contribution is 6.28. The Balaban J connectivity index is 2.07. The van der Waals surface area contributed by atoms with E-state index in [-0.39, 0.29) is 22.9 Å². The number of primary amides is 1. The zero-order chi connectivity index (χ0) is 14.1. The first-order chi connectivity index (χ1) is 9.63. The van der Waals surface area contributed by atoms with Gasteiger partial charge in [0.2, 0.25) is 11.2 Å². The minimum absolute atomic E-state index is 0.00479. The van der Waals surface area contributed by atoms with Gasteiger partial charge in [0.05, 0.1) is 0 Å². The van der Waals surface area contributed by atoms with Crippen LogP contribution in [0, 0.1) is 0 Å². The molecule has 0 aliphatic rings. The molecule has 1 amide bonds. The van der Waals surface area contributed by atoms with E-state index >= 15 is 0 Å². The molecule has 0 aromatic carbocycles. The second-order valence-electron chi connectivity index (χ2n) is 3.68. The van der Waals surface area contributed by atoms with E-state index in [0.29, 0.717) is 0 Å². The molecule has 0 saturated carbocycles. The summed E-state index contributed by atoms with van der Waals surface area (Å²) in [5.74, 6) is -0.187. The number of aromatic nitrogens is 7. The molecule has 0 fully saturated rings. The van der Waals surface area contributed by atoms with Crippen LogP contribution >= 0.6 is 11.6 Å². The van der Waals surface area contributed by atoms with E-state index < -0.39 is 5.91 Å². The molecule has 3 heterocycles. The van der Waals surface area contributed by atoms with Gasteiger partial charge < -0.3 is 5.73 Å². The quantitative estimate of drug-likeness (QED) is 0.725. The number of rotatable bonds is 3. The Morgan fingerprint density at radius 1 is 1.20 bits per heavy atom. The SMILES string of the molecule is NC(=O)c1ccn(-c2nc(Cl)nc(-n3ccnc3)n2)n1. The van der Waals surface area contributed by atoms with Crippen LogP contribution in [0.5, 0.6) is 0 Å². The van der Waals surface area contributed by atoms with Crippen LogP contribution < -0.4 is 5.73 Å². The molecule has 0 radical (unpaired) electrons. The minimum Gasteiger partial charge on any atom is -0.364 e. The van der Waals surface area contributed by atoms with E-state index in [2.05, 4.69) is 25.0 Å². The van der Waals surface area contributed by atoms with Crippen LogP contribution in [-0.4, -0.2) is 40.2 Å². The second kappa shape index (κ2) is 4.70. The Labute approximate surface area is 117 Å². The molecule has 0 unspecified atom stereocenters. The van der Waals surface area contributed by atoms with E-state index in [1.54, 1.807) is 17.0 Å². The maximum Gasteiger partial charge on any atom is 0.269 e. The number of hydrogen-bond acceptors (Lipinski definition) is 6. The summed E-state index contributed by atoms with van der Waals surface area (Å²) in [6.45, 7) is 0. The van der Waals surface area contributed by atoms with E-state index in [1.807, 2.05) is 0 Å².